The van der Waals surface area contributed by atoms with E-state index in [0.717, 1.165) is 37.0 Å². The van der Waals surface area contributed by atoms with Gasteiger partial charge >= 0.3 is 0 Å². The summed E-state index contributed by atoms with van der Waals surface area (Å²) in [7, 11) is 0. The Morgan fingerprint density at radius 2 is 1.96 bits per heavy atom. The van der Waals surface area contributed by atoms with Gasteiger partial charge in [0.2, 0.25) is 5.91 Å². The molecule has 0 spiro atoms. The van der Waals surface area contributed by atoms with Gasteiger partial charge in [0.1, 0.15) is 12.3 Å². The van der Waals surface area contributed by atoms with Gasteiger partial charge < -0.3 is 4.74 Å². The van der Waals surface area contributed by atoms with Crippen LogP contribution in [0.2, 0.25) is 0 Å². The topological polar surface area (TPSA) is 131 Å². The third-order valence-electron chi connectivity index (χ3n) is 4.70. The molecule has 10 nitrogen and oxygen atoms in total. The number of nitro benzene ring substituents is 1. The molecule has 0 atom stereocenters. The molecule has 144 valence electrons. The number of fused-ring (bicyclic) bond motifs is 1. The van der Waals surface area contributed by atoms with Gasteiger partial charge in [-0.3, -0.25) is 40.2 Å². The zero-order chi connectivity index (χ0) is 19.4. The molecule has 27 heavy (non-hydrogen) atoms. The van der Waals surface area contributed by atoms with E-state index in [4.69, 9.17) is 4.74 Å². The number of nitro groups is 1. The highest BCUT2D eigenvalue weighted by atomic mass is 16.6. The first-order valence-corrected chi connectivity index (χ1v) is 8.76. The second-order valence-electron chi connectivity index (χ2n) is 6.55. The van der Waals surface area contributed by atoms with Crippen LogP contribution in [-0.4, -0.2) is 35.8 Å². The Hall–Kier alpha value is -3.17. The van der Waals surface area contributed by atoms with Crippen LogP contribution in [0.5, 0.6) is 5.75 Å². The molecular formula is C17H20N4O6. The lowest BCUT2D eigenvalue weighted by atomic mass is 9.89. The summed E-state index contributed by atoms with van der Waals surface area (Å²) in [4.78, 5) is 47.8. The number of amides is 3. The Balaban J connectivity index is 1.63. The van der Waals surface area contributed by atoms with Crippen LogP contribution in [0, 0.1) is 16.0 Å². The third kappa shape index (κ3) is 4.33. The summed E-state index contributed by atoms with van der Waals surface area (Å²) < 4.78 is 5.24. The molecule has 1 aromatic carbocycles. The molecule has 1 aliphatic heterocycles. The van der Waals surface area contributed by atoms with E-state index in [1.54, 1.807) is 0 Å². The van der Waals surface area contributed by atoms with Crippen molar-refractivity contribution in [2.24, 2.45) is 5.92 Å². The van der Waals surface area contributed by atoms with Gasteiger partial charge in [0.05, 0.1) is 10.6 Å². The van der Waals surface area contributed by atoms with Gasteiger partial charge in [-0.2, -0.15) is 0 Å². The summed E-state index contributed by atoms with van der Waals surface area (Å²) in [5, 5.41) is 11.0. The van der Waals surface area contributed by atoms with E-state index in [2.05, 4.69) is 10.9 Å². The first-order chi connectivity index (χ1) is 13.0. The molecule has 0 bridgehead atoms. The largest absolute Gasteiger partial charge is 0.482 e. The molecule has 0 unspecified atom stereocenters. The van der Waals surface area contributed by atoms with Crippen molar-refractivity contribution < 1.29 is 24.0 Å². The lowest BCUT2D eigenvalue weighted by molar-refractivity contribution is -0.384. The average molecular weight is 376 g/mol. The van der Waals surface area contributed by atoms with Crippen LogP contribution >= 0.6 is 0 Å². The Labute approximate surface area is 155 Å². The molecule has 1 aliphatic carbocycles. The summed E-state index contributed by atoms with van der Waals surface area (Å²) >= 11 is 0. The molecular weight excluding hydrogens is 356 g/mol. The van der Waals surface area contributed by atoms with Gasteiger partial charge in [0.15, 0.2) is 6.61 Å². The highest BCUT2D eigenvalue weighted by Gasteiger charge is 2.29. The normalized spacial score (nSPS) is 16.9. The van der Waals surface area contributed by atoms with E-state index < -0.39 is 16.7 Å². The van der Waals surface area contributed by atoms with Crippen molar-refractivity contribution in [1.29, 1.82) is 0 Å². The number of hydrogen-bond donors (Lipinski definition) is 2. The van der Waals surface area contributed by atoms with Crippen LogP contribution in [0.1, 0.15) is 32.1 Å². The summed E-state index contributed by atoms with van der Waals surface area (Å²) in [6, 6.07) is 3.83. The van der Waals surface area contributed by atoms with E-state index >= 15 is 0 Å². The number of carbonyl (C=O) groups is 3. The standard InChI is InChI=1S/C17H20N4O6/c22-15(18-19-17(24)11-4-2-1-3-5-11)9-20-13-8-12(21(25)26)6-7-14(13)27-10-16(20)23/h6-8,11H,1-5,9-10H2,(H,18,22)(H,19,24). The summed E-state index contributed by atoms with van der Waals surface area (Å²) in [6.45, 7) is -0.659. The number of ether oxygens (including phenoxy) is 1. The first kappa shape index (κ1) is 18.6. The monoisotopic (exact) mass is 376 g/mol. The van der Waals surface area contributed by atoms with Crippen molar-refractivity contribution in [3.8, 4) is 5.75 Å². The first-order valence-electron chi connectivity index (χ1n) is 8.76. The molecule has 1 aromatic rings. The number of nitrogens with zero attached hydrogens (tertiary/aromatic N) is 2. The summed E-state index contributed by atoms with van der Waals surface area (Å²) in [6.07, 6.45) is 4.68. The summed E-state index contributed by atoms with van der Waals surface area (Å²) in [5.74, 6) is -1.19. The predicted molar refractivity (Wildman–Crippen MR) is 93.8 cm³/mol. The number of hydrogen-bond acceptors (Lipinski definition) is 6. The van der Waals surface area contributed by atoms with E-state index in [9.17, 15) is 24.5 Å². The maximum Gasteiger partial charge on any atom is 0.271 e. The zero-order valence-electron chi connectivity index (χ0n) is 14.6. The Morgan fingerprint density at radius 1 is 1.22 bits per heavy atom. The third-order valence-corrected chi connectivity index (χ3v) is 4.70. The molecule has 2 N–H and O–H groups in total. The van der Waals surface area contributed by atoms with Crippen molar-refractivity contribution in [2.45, 2.75) is 32.1 Å². The molecule has 3 amide bonds. The molecule has 1 heterocycles. The van der Waals surface area contributed by atoms with Gasteiger partial charge in [-0.1, -0.05) is 19.3 Å². The maximum absolute atomic E-state index is 12.2. The molecule has 0 radical (unpaired) electrons. The van der Waals surface area contributed by atoms with Gasteiger partial charge in [0, 0.05) is 18.1 Å². The quantitative estimate of drug-likeness (QED) is 0.596. The Kier molecular flexibility index (Phi) is 5.53. The highest BCUT2D eigenvalue weighted by molar-refractivity contribution is 6.02. The fourth-order valence-electron chi connectivity index (χ4n) is 3.26. The SMILES string of the molecule is O=C(CN1C(=O)COc2ccc([N+](=O)[O-])cc21)NNC(=O)C1CCCCC1. The number of nitrogens with one attached hydrogen (secondary N) is 2. The number of hydrazine groups is 1. The smallest absolute Gasteiger partial charge is 0.271 e. The van der Waals surface area contributed by atoms with Crippen LogP contribution in [0.25, 0.3) is 0 Å². The van der Waals surface area contributed by atoms with Gasteiger partial charge in [-0.15, -0.1) is 0 Å². The number of benzene rings is 1. The number of anilines is 1. The molecule has 3 rings (SSSR count). The lowest BCUT2D eigenvalue weighted by Crippen LogP contribution is -2.51. The van der Waals surface area contributed by atoms with Gasteiger partial charge in [0.25, 0.3) is 17.5 Å². The van der Waals surface area contributed by atoms with E-state index in [0.29, 0.717) is 0 Å². The van der Waals surface area contributed by atoms with Crippen LogP contribution < -0.4 is 20.5 Å². The van der Waals surface area contributed by atoms with Crippen molar-refractivity contribution in [1.82, 2.24) is 10.9 Å². The van der Waals surface area contributed by atoms with E-state index in [-0.39, 0.29) is 42.1 Å². The van der Waals surface area contributed by atoms with Crippen LogP contribution in [0.15, 0.2) is 18.2 Å². The number of carbonyl (C=O) groups excluding carboxylic acids is 3. The fourth-order valence-corrected chi connectivity index (χ4v) is 3.26. The molecule has 0 aromatic heterocycles. The minimum Gasteiger partial charge on any atom is -0.482 e. The molecule has 2 aliphatic rings. The van der Waals surface area contributed by atoms with Crippen LogP contribution in [0.4, 0.5) is 11.4 Å². The minimum atomic E-state index is -0.605. The predicted octanol–water partition coefficient (Wildman–Crippen LogP) is 1.05. The highest BCUT2D eigenvalue weighted by Crippen LogP contribution is 2.35. The van der Waals surface area contributed by atoms with Gasteiger partial charge in [-0.25, -0.2) is 0 Å². The van der Waals surface area contributed by atoms with E-state index in [1.165, 1.54) is 18.2 Å². The summed E-state index contributed by atoms with van der Waals surface area (Å²) in [5.41, 5.74) is 4.63. The van der Waals surface area contributed by atoms with Crippen molar-refractivity contribution in [2.75, 3.05) is 18.1 Å². The zero-order valence-corrected chi connectivity index (χ0v) is 14.6. The number of non-ortho nitro benzene ring substituents is 1. The van der Waals surface area contributed by atoms with Crippen molar-refractivity contribution in [3.05, 3.63) is 28.3 Å². The van der Waals surface area contributed by atoms with Crippen molar-refractivity contribution in [3.63, 3.8) is 0 Å². The van der Waals surface area contributed by atoms with Crippen LogP contribution in [-0.2, 0) is 14.4 Å². The Morgan fingerprint density at radius 3 is 2.67 bits per heavy atom. The maximum atomic E-state index is 12.2. The minimum absolute atomic E-state index is 0.118. The second-order valence-corrected chi connectivity index (χ2v) is 6.55. The average Bonchev–Trinajstić information content (AvgIpc) is 2.68. The van der Waals surface area contributed by atoms with Crippen LogP contribution in [0.3, 0.4) is 0 Å². The number of rotatable bonds is 4. The molecule has 10 heteroatoms. The Bertz CT molecular complexity index is 775. The second kappa shape index (κ2) is 8.02. The molecule has 1 fully saturated rings. The molecule has 1 saturated carbocycles. The lowest BCUT2D eigenvalue weighted by Gasteiger charge is -2.28. The van der Waals surface area contributed by atoms with E-state index in [1.807, 2.05) is 0 Å². The molecule has 0 saturated heterocycles. The van der Waals surface area contributed by atoms with Gasteiger partial charge in [-0.05, 0) is 18.9 Å². The fraction of sp³-hybridized carbons (Fsp3) is 0.471. The van der Waals surface area contributed by atoms with Crippen molar-refractivity contribution >= 4 is 29.1 Å².